The first-order valence-electron chi connectivity index (χ1n) is 6.46. The summed E-state index contributed by atoms with van der Waals surface area (Å²) >= 11 is 0. The molecular weight excluding hydrogens is 233 g/mol. The van der Waals surface area contributed by atoms with Gasteiger partial charge in [0, 0.05) is 11.5 Å². The second-order valence-corrected chi connectivity index (χ2v) is 5.26. The Balaban J connectivity index is 1.82. The second-order valence-electron chi connectivity index (χ2n) is 5.26. The van der Waals surface area contributed by atoms with Gasteiger partial charge in [0.05, 0.1) is 17.9 Å². The van der Waals surface area contributed by atoms with Crippen LogP contribution in [0.2, 0.25) is 0 Å². The molecule has 18 heavy (non-hydrogen) atoms. The van der Waals surface area contributed by atoms with Gasteiger partial charge >= 0.3 is 0 Å². The summed E-state index contributed by atoms with van der Waals surface area (Å²) in [5, 5.41) is 0. The van der Waals surface area contributed by atoms with Crippen molar-refractivity contribution >= 4 is 5.78 Å². The molecule has 2 aliphatic rings. The number of halogens is 1. The first-order chi connectivity index (χ1) is 8.63. The number of rotatable bonds is 2. The summed E-state index contributed by atoms with van der Waals surface area (Å²) in [4.78, 5) is 16.2. The number of carbonyl (C=O) groups excluding carboxylic acids is 1. The van der Waals surface area contributed by atoms with Crippen molar-refractivity contribution in [2.45, 2.75) is 44.8 Å². The highest BCUT2D eigenvalue weighted by molar-refractivity contribution is 5.98. The van der Waals surface area contributed by atoms with Crippen molar-refractivity contribution in [2.75, 3.05) is 0 Å². The number of carbonyl (C=O) groups is 1. The van der Waals surface area contributed by atoms with Crippen LogP contribution >= 0.6 is 0 Å². The number of hydrogen-bond donors (Lipinski definition) is 0. The van der Waals surface area contributed by atoms with Gasteiger partial charge in [0.2, 0.25) is 5.95 Å². The standard InChI is InChI=1S/C14H16FNO2/c1-8-12(4-5-13(15)16-8)14(17)9-6-10-2-3-11(7-9)18-10/h4-5,9-11H,2-3,6-7H2,1H3. The van der Waals surface area contributed by atoms with E-state index in [0.29, 0.717) is 11.3 Å². The van der Waals surface area contributed by atoms with Crippen LogP contribution in [-0.2, 0) is 4.74 Å². The van der Waals surface area contributed by atoms with Crippen LogP contribution in [0.1, 0.15) is 41.7 Å². The van der Waals surface area contributed by atoms with Gasteiger partial charge in [-0.2, -0.15) is 4.39 Å². The molecule has 2 fully saturated rings. The fourth-order valence-corrected chi connectivity index (χ4v) is 3.08. The average Bonchev–Trinajstić information content (AvgIpc) is 2.67. The number of fused-ring (bicyclic) bond motifs is 2. The van der Waals surface area contributed by atoms with Crippen molar-refractivity contribution in [1.29, 1.82) is 0 Å². The molecule has 2 atom stereocenters. The zero-order valence-electron chi connectivity index (χ0n) is 10.4. The molecule has 0 aliphatic carbocycles. The molecule has 2 saturated heterocycles. The molecule has 4 heteroatoms. The molecule has 0 amide bonds. The minimum Gasteiger partial charge on any atom is -0.375 e. The van der Waals surface area contributed by atoms with Crippen LogP contribution in [0.5, 0.6) is 0 Å². The molecule has 3 nitrogen and oxygen atoms in total. The minimum atomic E-state index is -0.531. The highest BCUT2D eigenvalue weighted by atomic mass is 19.1. The Hall–Kier alpha value is -1.29. The molecule has 1 aromatic heterocycles. The second kappa shape index (κ2) is 4.43. The predicted octanol–water partition coefficient (Wildman–Crippen LogP) is 2.67. The van der Waals surface area contributed by atoms with E-state index >= 15 is 0 Å². The molecule has 0 aromatic carbocycles. The quantitative estimate of drug-likeness (QED) is 0.597. The van der Waals surface area contributed by atoms with E-state index in [2.05, 4.69) is 4.98 Å². The molecule has 0 saturated carbocycles. The van der Waals surface area contributed by atoms with Crippen molar-refractivity contribution in [3.8, 4) is 0 Å². The van der Waals surface area contributed by atoms with Gasteiger partial charge in [0.15, 0.2) is 5.78 Å². The number of pyridine rings is 1. The smallest absolute Gasteiger partial charge is 0.213 e. The average molecular weight is 249 g/mol. The lowest BCUT2D eigenvalue weighted by atomic mass is 9.87. The molecule has 0 N–H and O–H groups in total. The van der Waals surface area contributed by atoms with Gasteiger partial charge in [-0.1, -0.05) is 0 Å². The first kappa shape index (κ1) is 11.8. The fourth-order valence-electron chi connectivity index (χ4n) is 3.08. The van der Waals surface area contributed by atoms with E-state index < -0.39 is 5.95 Å². The van der Waals surface area contributed by atoms with Crippen molar-refractivity contribution < 1.29 is 13.9 Å². The van der Waals surface area contributed by atoms with Crippen molar-refractivity contribution in [3.05, 3.63) is 29.3 Å². The van der Waals surface area contributed by atoms with E-state index in [0.717, 1.165) is 25.7 Å². The summed E-state index contributed by atoms with van der Waals surface area (Å²) in [5.41, 5.74) is 1.04. The maximum atomic E-state index is 12.9. The summed E-state index contributed by atoms with van der Waals surface area (Å²) in [6.45, 7) is 1.68. The Kier molecular flexibility index (Phi) is 2.90. The van der Waals surface area contributed by atoms with Crippen LogP contribution in [0, 0.1) is 18.8 Å². The molecular formula is C14H16FNO2. The maximum absolute atomic E-state index is 12.9. The van der Waals surface area contributed by atoms with Gasteiger partial charge in [0.1, 0.15) is 0 Å². The largest absolute Gasteiger partial charge is 0.375 e. The Morgan fingerprint density at radius 3 is 2.61 bits per heavy atom. The van der Waals surface area contributed by atoms with E-state index in [1.165, 1.54) is 6.07 Å². The lowest BCUT2D eigenvalue weighted by Crippen LogP contribution is -2.30. The number of ketones is 1. The van der Waals surface area contributed by atoms with Crippen LogP contribution in [-0.4, -0.2) is 23.0 Å². The molecule has 0 radical (unpaired) electrons. The van der Waals surface area contributed by atoms with Crippen LogP contribution in [0.4, 0.5) is 4.39 Å². The monoisotopic (exact) mass is 249 g/mol. The summed E-state index contributed by atoms with van der Waals surface area (Å²) in [6.07, 6.45) is 4.21. The maximum Gasteiger partial charge on any atom is 0.213 e. The summed E-state index contributed by atoms with van der Waals surface area (Å²) in [5.74, 6) is -0.418. The van der Waals surface area contributed by atoms with Crippen LogP contribution in [0.15, 0.2) is 12.1 Å². The zero-order chi connectivity index (χ0) is 12.7. The van der Waals surface area contributed by atoms with Gasteiger partial charge in [-0.05, 0) is 44.7 Å². The summed E-state index contributed by atoms with van der Waals surface area (Å²) in [6, 6.07) is 2.81. The lowest BCUT2D eigenvalue weighted by Gasteiger charge is -2.27. The Morgan fingerprint density at radius 1 is 1.33 bits per heavy atom. The van der Waals surface area contributed by atoms with Crippen molar-refractivity contribution in [2.24, 2.45) is 5.92 Å². The van der Waals surface area contributed by atoms with Crippen LogP contribution < -0.4 is 0 Å². The molecule has 2 unspecified atom stereocenters. The first-order valence-corrected chi connectivity index (χ1v) is 6.46. The molecule has 96 valence electrons. The molecule has 2 bridgehead atoms. The number of aromatic nitrogens is 1. The van der Waals surface area contributed by atoms with Gasteiger partial charge in [-0.25, -0.2) is 4.98 Å². The van der Waals surface area contributed by atoms with Gasteiger partial charge in [0.25, 0.3) is 0 Å². The van der Waals surface area contributed by atoms with E-state index in [-0.39, 0.29) is 23.9 Å². The molecule has 0 spiro atoms. The third kappa shape index (κ3) is 2.05. The van der Waals surface area contributed by atoms with E-state index in [1.54, 1.807) is 13.0 Å². The molecule has 3 heterocycles. The molecule has 1 aromatic rings. The van der Waals surface area contributed by atoms with Gasteiger partial charge in [-0.15, -0.1) is 0 Å². The third-order valence-corrected chi connectivity index (χ3v) is 3.98. The highest BCUT2D eigenvalue weighted by Crippen LogP contribution is 2.37. The SMILES string of the molecule is Cc1nc(F)ccc1C(=O)C1CC2CCC(C1)O2. The number of aryl methyl sites for hydroxylation is 1. The number of hydrogen-bond acceptors (Lipinski definition) is 3. The number of Topliss-reactive ketones (excluding diaryl/α,β-unsaturated/α-hetero) is 1. The molecule has 2 aliphatic heterocycles. The minimum absolute atomic E-state index is 0.0159. The van der Waals surface area contributed by atoms with E-state index in [4.69, 9.17) is 4.74 Å². The third-order valence-electron chi connectivity index (χ3n) is 3.98. The Bertz CT molecular complexity index is 477. The van der Waals surface area contributed by atoms with Gasteiger partial charge < -0.3 is 4.74 Å². The lowest BCUT2D eigenvalue weighted by molar-refractivity contribution is -0.0149. The number of ether oxygens (including phenoxy) is 1. The Labute approximate surface area is 105 Å². The normalized spacial score (nSPS) is 30.4. The van der Waals surface area contributed by atoms with E-state index in [1.807, 2.05) is 0 Å². The summed E-state index contributed by atoms with van der Waals surface area (Å²) < 4.78 is 18.7. The van der Waals surface area contributed by atoms with Crippen molar-refractivity contribution in [1.82, 2.24) is 4.98 Å². The van der Waals surface area contributed by atoms with Crippen molar-refractivity contribution in [3.63, 3.8) is 0 Å². The Morgan fingerprint density at radius 2 is 2.00 bits per heavy atom. The predicted molar refractivity (Wildman–Crippen MR) is 63.9 cm³/mol. The van der Waals surface area contributed by atoms with E-state index in [9.17, 15) is 9.18 Å². The molecule has 3 rings (SSSR count). The highest BCUT2D eigenvalue weighted by Gasteiger charge is 2.38. The van der Waals surface area contributed by atoms with Crippen LogP contribution in [0.25, 0.3) is 0 Å². The van der Waals surface area contributed by atoms with Gasteiger partial charge in [-0.3, -0.25) is 4.79 Å². The topological polar surface area (TPSA) is 39.2 Å². The summed E-state index contributed by atoms with van der Waals surface area (Å²) in [7, 11) is 0. The van der Waals surface area contributed by atoms with Crippen LogP contribution in [0.3, 0.4) is 0 Å². The number of nitrogens with zero attached hydrogens (tertiary/aromatic N) is 1. The zero-order valence-corrected chi connectivity index (χ0v) is 10.4. The fraction of sp³-hybridized carbons (Fsp3) is 0.571.